The van der Waals surface area contributed by atoms with Crippen LogP contribution in [0.3, 0.4) is 0 Å². The topological polar surface area (TPSA) is 93.8 Å². The van der Waals surface area contributed by atoms with Crippen LogP contribution in [0.4, 0.5) is 0 Å². The molecule has 2 atom stereocenters. The molecule has 1 saturated carbocycles. The molecule has 5 rings (SSSR count). The summed E-state index contributed by atoms with van der Waals surface area (Å²) >= 11 is 0. The van der Waals surface area contributed by atoms with E-state index in [1.54, 1.807) is 0 Å². The molecular weight excluding hydrogens is 486 g/mol. The number of allylic oxidation sites excluding steroid dienone is 1. The Hall–Kier alpha value is -3.29. The fourth-order valence-electron chi connectivity index (χ4n) is 6.96. The van der Waals surface area contributed by atoms with Crippen molar-refractivity contribution in [3.8, 4) is 11.4 Å². The van der Waals surface area contributed by atoms with Gasteiger partial charge < -0.3 is 0 Å². The molecule has 2 aliphatic rings. The molecule has 3 heterocycles. The Labute approximate surface area is 231 Å². The fourth-order valence-corrected chi connectivity index (χ4v) is 6.96. The first-order chi connectivity index (χ1) is 19.1. The Morgan fingerprint density at radius 2 is 2.00 bits per heavy atom. The SMILES string of the molecule is CCCCc1cn(C2CCCCCC2(CC)CC)c(=O)n1CC1(c2cccc(-c3nn[nH]n3)c2)C=CN=CC1. The average Bonchev–Trinajstić information content (AvgIpc) is 3.56. The number of aryl methyl sites for hydroxylation is 1. The van der Waals surface area contributed by atoms with E-state index in [1.807, 2.05) is 24.5 Å². The van der Waals surface area contributed by atoms with Gasteiger partial charge in [0, 0.05) is 47.9 Å². The van der Waals surface area contributed by atoms with Crippen LogP contribution in [-0.2, 0) is 18.4 Å². The molecule has 1 aliphatic carbocycles. The number of imidazole rings is 1. The predicted molar refractivity (Wildman–Crippen MR) is 156 cm³/mol. The summed E-state index contributed by atoms with van der Waals surface area (Å²) in [4.78, 5) is 18.8. The van der Waals surface area contributed by atoms with E-state index >= 15 is 0 Å². The maximum absolute atomic E-state index is 14.4. The molecule has 3 aromatic rings. The number of tetrazole rings is 1. The molecule has 1 N–H and O–H groups in total. The van der Waals surface area contributed by atoms with Crippen molar-refractivity contribution in [3.63, 3.8) is 0 Å². The second-order valence-corrected chi connectivity index (χ2v) is 11.5. The molecule has 2 aromatic heterocycles. The number of hydrogen-bond acceptors (Lipinski definition) is 5. The Morgan fingerprint density at radius 1 is 1.13 bits per heavy atom. The second-order valence-electron chi connectivity index (χ2n) is 11.5. The van der Waals surface area contributed by atoms with E-state index in [0.29, 0.717) is 12.4 Å². The van der Waals surface area contributed by atoms with Crippen molar-refractivity contribution in [1.82, 2.24) is 29.8 Å². The van der Waals surface area contributed by atoms with Crippen molar-refractivity contribution < 1.29 is 0 Å². The Balaban J connectivity index is 1.60. The maximum Gasteiger partial charge on any atom is 0.328 e. The van der Waals surface area contributed by atoms with Gasteiger partial charge >= 0.3 is 5.69 Å². The standard InChI is InChI=1S/C31H43N7O/c1-4-7-14-26-22-37(27-15-9-8-10-16-30(27,5-2)6-3)29(39)38(26)23-31(17-19-32-20-18-31)25-13-11-12-24(21-25)28-33-35-36-34-28/h11-13,17,19-22,27H,4-10,14-16,18,23H2,1-3H3,(H,33,34,35,36). The van der Waals surface area contributed by atoms with Gasteiger partial charge in [-0.05, 0) is 67.2 Å². The highest BCUT2D eigenvalue weighted by Crippen LogP contribution is 2.48. The third kappa shape index (κ3) is 5.30. The van der Waals surface area contributed by atoms with Gasteiger partial charge in [0.25, 0.3) is 0 Å². The predicted octanol–water partition coefficient (Wildman–Crippen LogP) is 6.41. The molecule has 1 aromatic carbocycles. The number of nitrogens with zero attached hydrogens (tertiary/aromatic N) is 6. The van der Waals surface area contributed by atoms with Crippen LogP contribution in [0.2, 0.25) is 0 Å². The molecule has 0 radical (unpaired) electrons. The van der Waals surface area contributed by atoms with Gasteiger partial charge in [-0.2, -0.15) is 5.21 Å². The third-order valence-electron chi connectivity index (χ3n) is 9.50. The van der Waals surface area contributed by atoms with E-state index in [1.165, 1.54) is 25.7 Å². The summed E-state index contributed by atoms with van der Waals surface area (Å²) in [6, 6.07) is 8.57. The molecule has 39 heavy (non-hydrogen) atoms. The van der Waals surface area contributed by atoms with E-state index in [0.717, 1.165) is 61.8 Å². The number of H-pyrrole nitrogens is 1. The van der Waals surface area contributed by atoms with E-state index in [-0.39, 0.29) is 17.1 Å². The van der Waals surface area contributed by atoms with Crippen molar-refractivity contribution in [3.05, 3.63) is 64.5 Å². The molecule has 208 valence electrons. The normalized spacial score (nSPS) is 22.7. The lowest BCUT2D eigenvalue weighted by Crippen LogP contribution is -2.40. The first-order valence-corrected chi connectivity index (χ1v) is 14.9. The van der Waals surface area contributed by atoms with Gasteiger partial charge in [0.05, 0.1) is 0 Å². The number of aromatic nitrogens is 6. The van der Waals surface area contributed by atoms with Gasteiger partial charge in [-0.1, -0.05) is 70.7 Å². The number of nitrogens with one attached hydrogen (secondary N) is 1. The fraction of sp³-hybridized carbons (Fsp3) is 0.581. The summed E-state index contributed by atoms with van der Waals surface area (Å²) in [6.07, 6.45) is 20.3. The van der Waals surface area contributed by atoms with Crippen LogP contribution in [0, 0.1) is 5.41 Å². The molecule has 8 heteroatoms. The van der Waals surface area contributed by atoms with Gasteiger partial charge in [0.2, 0.25) is 5.82 Å². The smallest absolute Gasteiger partial charge is 0.295 e. The van der Waals surface area contributed by atoms with Crippen LogP contribution in [-0.4, -0.2) is 36.0 Å². The van der Waals surface area contributed by atoms with E-state index < -0.39 is 5.41 Å². The summed E-state index contributed by atoms with van der Waals surface area (Å²) in [5.41, 5.74) is 3.11. The summed E-state index contributed by atoms with van der Waals surface area (Å²) in [7, 11) is 0. The first kappa shape index (κ1) is 27.3. The molecule has 0 saturated heterocycles. The minimum absolute atomic E-state index is 0.142. The van der Waals surface area contributed by atoms with E-state index in [9.17, 15) is 4.79 Å². The van der Waals surface area contributed by atoms with E-state index in [2.05, 4.69) is 79.9 Å². The molecule has 1 fully saturated rings. The highest BCUT2D eigenvalue weighted by Gasteiger charge is 2.40. The summed E-state index contributed by atoms with van der Waals surface area (Å²) in [5, 5.41) is 14.7. The zero-order chi connectivity index (χ0) is 27.3. The van der Waals surface area contributed by atoms with Crippen LogP contribution >= 0.6 is 0 Å². The zero-order valence-corrected chi connectivity index (χ0v) is 23.8. The van der Waals surface area contributed by atoms with Crippen LogP contribution < -0.4 is 5.69 Å². The van der Waals surface area contributed by atoms with Gasteiger partial charge in [-0.3, -0.25) is 14.1 Å². The molecule has 0 spiro atoms. The van der Waals surface area contributed by atoms with Gasteiger partial charge in [-0.25, -0.2) is 4.79 Å². The number of benzene rings is 1. The van der Waals surface area contributed by atoms with Gasteiger partial charge in [-0.15, -0.1) is 10.2 Å². The lowest BCUT2D eigenvalue weighted by Gasteiger charge is -2.39. The monoisotopic (exact) mass is 529 g/mol. The number of hydrogen-bond donors (Lipinski definition) is 1. The van der Waals surface area contributed by atoms with Crippen molar-refractivity contribution in [2.45, 2.75) is 109 Å². The Bertz CT molecular complexity index is 1350. The summed E-state index contributed by atoms with van der Waals surface area (Å²) in [5.74, 6) is 0.566. The van der Waals surface area contributed by atoms with Crippen molar-refractivity contribution in [2.24, 2.45) is 10.4 Å². The van der Waals surface area contributed by atoms with E-state index in [4.69, 9.17) is 0 Å². The van der Waals surface area contributed by atoms with Crippen LogP contribution in [0.1, 0.15) is 102 Å². The lowest BCUT2D eigenvalue weighted by molar-refractivity contribution is 0.131. The molecule has 0 amide bonds. The quantitative estimate of drug-likeness (QED) is 0.307. The van der Waals surface area contributed by atoms with Gasteiger partial charge in [0.15, 0.2) is 0 Å². The number of aliphatic imine (C=N–C) groups is 1. The maximum atomic E-state index is 14.4. The Kier molecular flexibility index (Phi) is 8.29. The summed E-state index contributed by atoms with van der Waals surface area (Å²) < 4.78 is 4.23. The molecule has 1 aliphatic heterocycles. The van der Waals surface area contributed by atoms with Crippen molar-refractivity contribution >= 4 is 6.21 Å². The molecule has 2 unspecified atom stereocenters. The van der Waals surface area contributed by atoms with Crippen LogP contribution in [0.15, 0.2) is 52.5 Å². The molecule has 0 bridgehead atoms. The molecule has 8 nitrogen and oxygen atoms in total. The van der Waals surface area contributed by atoms with Crippen LogP contribution in [0.5, 0.6) is 0 Å². The highest BCUT2D eigenvalue weighted by molar-refractivity contribution is 5.65. The lowest BCUT2D eigenvalue weighted by atomic mass is 9.72. The highest BCUT2D eigenvalue weighted by atomic mass is 16.1. The van der Waals surface area contributed by atoms with Crippen molar-refractivity contribution in [2.75, 3.05) is 0 Å². The minimum atomic E-state index is -0.394. The summed E-state index contributed by atoms with van der Waals surface area (Å²) in [6.45, 7) is 7.43. The number of rotatable bonds is 10. The minimum Gasteiger partial charge on any atom is -0.295 e. The molecular formula is C31H43N7O. The van der Waals surface area contributed by atoms with Crippen LogP contribution in [0.25, 0.3) is 11.4 Å². The third-order valence-corrected chi connectivity index (χ3v) is 9.50. The number of aromatic amines is 1. The zero-order valence-electron chi connectivity index (χ0n) is 23.8. The van der Waals surface area contributed by atoms with Crippen molar-refractivity contribution in [1.29, 1.82) is 0 Å². The average molecular weight is 530 g/mol. The number of unbranched alkanes of at least 4 members (excludes halogenated alkanes) is 1. The first-order valence-electron chi connectivity index (χ1n) is 14.9. The largest absolute Gasteiger partial charge is 0.328 e. The van der Waals surface area contributed by atoms with Gasteiger partial charge in [0.1, 0.15) is 0 Å². The Morgan fingerprint density at radius 3 is 2.72 bits per heavy atom. The second kappa shape index (κ2) is 11.8.